The smallest absolute Gasteiger partial charge is 0.422 e. The van der Waals surface area contributed by atoms with E-state index in [9.17, 15) is 39.6 Å². The average molecular weight is 733 g/mol. The van der Waals surface area contributed by atoms with E-state index in [0.29, 0.717) is 57.6 Å². The number of aromatic nitrogens is 2. The zero-order chi connectivity index (χ0) is 36.1. The van der Waals surface area contributed by atoms with Gasteiger partial charge >= 0.3 is 12.4 Å². The van der Waals surface area contributed by atoms with Gasteiger partial charge in [0.2, 0.25) is 21.9 Å². The Morgan fingerprint density at radius 3 is 2.12 bits per heavy atom. The van der Waals surface area contributed by atoms with Crippen molar-refractivity contribution in [1.29, 1.82) is 0 Å². The van der Waals surface area contributed by atoms with Gasteiger partial charge in [-0.3, -0.25) is 4.79 Å². The van der Waals surface area contributed by atoms with E-state index in [-0.39, 0.29) is 24.3 Å². The van der Waals surface area contributed by atoms with Crippen molar-refractivity contribution in [2.75, 3.05) is 62.7 Å². The number of piperazine rings is 1. The number of benzene rings is 2. The molecule has 50 heavy (non-hydrogen) atoms. The van der Waals surface area contributed by atoms with Crippen molar-refractivity contribution in [1.82, 2.24) is 19.6 Å². The van der Waals surface area contributed by atoms with Crippen LogP contribution in [0, 0.1) is 11.8 Å². The molecule has 0 atom stereocenters. The molecule has 2 N–H and O–H groups in total. The molecule has 274 valence electrons. The van der Waals surface area contributed by atoms with Gasteiger partial charge in [0.1, 0.15) is 22.2 Å². The molecule has 1 amide bonds. The molecular weight excluding hydrogens is 694 g/mol. The van der Waals surface area contributed by atoms with Crippen LogP contribution in [0.2, 0.25) is 0 Å². The number of carbonyl (C=O) groups is 1. The minimum absolute atomic E-state index is 0.0249. The summed E-state index contributed by atoms with van der Waals surface area (Å²) in [4.78, 5) is 24.5. The van der Waals surface area contributed by atoms with Gasteiger partial charge in [0.05, 0.1) is 5.52 Å². The molecule has 0 spiro atoms. The maximum absolute atomic E-state index is 13.2. The van der Waals surface area contributed by atoms with Crippen LogP contribution in [-0.4, -0.2) is 94.0 Å². The first-order valence-corrected chi connectivity index (χ1v) is 17.6. The van der Waals surface area contributed by atoms with Gasteiger partial charge in [-0.25, -0.2) is 18.1 Å². The van der Waals surface area contributed by atoms with Gasteiger partial charge in [-0.2, -0.15) is 31.3 Å². The van der Waals surface area contributed by atoms with Crippen molar-refractivity contribution in [2.45, 2.75) is 49.9 Å². The largest absolute Gasteiger partial charge is 0.484 e. The second kappa shape index (κ2) is 15.4. The molecule has 0 bridgehead atoms. The molecule has 1 saturated heterocycles. The Morgan fingerprint density at radius 2 is 1.48 bits per heavy atom. The van der Waals surface area contributed by atoms with Crippen molar-refractivity contribution in [3.63, 3.8) is 0 Å². The van der Waals surface area contributed by atoms with Crippen LogP contribution in [0.1, 0.15) is 32.6 Å². The molecule has 2 aromatic carbocycles. The van der Waals surface area contributed by atoms with Gasteiger partial charge in [-0.05, 0) is 61.8 Å². The molecule has 2 aliphatic rings. The van der Waals surface area contributed by atoms with Crippen LogP contribution in [0.5, 0.6) is 11.5 Å². The number of fused-ring (bicyclic) bond motifs is 1. The maximum atomic E-state index is 13.2. The van der Waals surface area contributed by atoms with Gasteiger partial charge in [0.15, 0.2) is 13.2 Å². The number of alkyl halides is 6. The molecule has 11 nitrogen and oxygen atoms in total. The quantitative estimate of drug-likeness (QED) is 0.236. The third-order valence-electron chi connectivity index (χ3n) is 8.68. The second-order valence-electron chi connectivity index (χ2n) is 12.4. The third kappa shape index (κ3) is 10.2. The summed E-state index contributed by atoms with van der Waals surface area (Å²) < 4.78 is 114. The summed E-state index contributed by atoms with van der Waals surface area (Å²) in [5.41, 5.74) is 0.786. The van der Waals surface area contributed by atoms with E-state index in [0.717, 1.165) is 41.7 Å². The van der Waals surface area contributed by atoms with Crippen molar-refractivity contribution in [2.24, 2.45) is 11.8 Å². The van der Waals surface area contributed by atoms with Gasteiger partial charge in [0.25, 0.3) is 0 Å². The molecule has 5 rings (SSSR count). The van der Waals surface area contributed by atoms with E-state index < -0.39 is 52.0 Å². The molecule has 18 heteroatoms. The van der Waals surface area contributed by atoms with E-state index >= 15 is 0 Å². The number of amides is 1. The molecule has 1 aliphatic heterocycles. The highest BCUT2D eigenvalue weighted by molar-refractivity contribution is 7.89. The van der Waals surface area contributed by atoms with E-state index in [1.54, 1.807) is 11.8 Å². The number of para-hydroxylation sites is 1. The Hall–Kier alpha value is -4.06. The van der Waals surface area contributed by atoms with Crippen LogP contribution in [0.25, 0.3) is 10.9 Å². The fourth-order valence-corrected chi connectivity index (χ4v) is 7.30. The van der Waals surface area contributed by atoms with E-state index in [2.05, 4.69) is 24.4 Å². The lowest BCUT2D eigenvalue weighted by atomic mass is 9.82. The van der Waals surface area contributed by atoms with Crippen LogP contribution in [0.3, 0.4) is 0 Å². The average Bonchev–Trinajstić information content (AvgIpc) is 3.07. The molecule has 2 fully saturated rings. The van der Waals surface area contributed by atoms with E-state index in [1.165, 1.54) is 0 Å². The Morgan fingerprint density at radius 1 is 0.860 bits per heavy atom. The van der Waals surface area contributed by atoms with Crippen molar-refractivity contribution < 1.29 is 49.0 Å². The standard InChI is InChI=1S/C32H38F6N6O5S/c1-21(45)43-12-14-44(15-13-43)29-25-4-2-3-5-26(25)41-30(42-29)39-17-22-6-8-23(9-7-22)18-40-50(46,47)28-16-24(48-19-31(33,34)35)10-11-27(28)49-20-32(36,37)38/h2-5,10-11,16,22-23,40H,6-9,12-15,17-20H2,1H3,(H,39,41,42). The first-order chi connectivity index (χ1) is 23.6. The van der Waals surface area contributed by atoms with Crippen molar-refractivity contribution in [3.05, 3.63) is 42.5 Å². The van der Waals surface area contributed by atoms with Gasteiger partial charge in [0, 0.05) is 57.6 Å². The van der Waals surface area contributed by atoms with Crippen molar-refractivity contribution >= 4 is 38.6 Å². The normalized spacial score (nSPS) is 19.0. The highest BCUT2D eigenvalue weighted by Gasteiger charge is 2.32. The zero-order valence-electron chi connectivity index (χ0n) is 27.2. The molecule has 0 unspecified atom stereocenters. The fraction of sp³-hybridized carbons (Fsp3) is 0.531. The second-order valence-corrected chi connectivity index (χ2v) is 14.2. The molecule has 2 heterocycles. The number of hydrogen-bond donors (Lipinski definition) is 2. The lowest BCUT2D eigenvalue weighted by Crippen LogP contribution is -2.48. The summed E-state index contributed by atoms with van der Waals surface area (Å²) in [6.07, 6.45) is -6.66. The number of anilines is 2. The Kier molecular flexibility index (Phi) is 11.5. The van der Waals surface area contributed by atoms with Crippen molar-refractivity contribution in [3.8, 4) is 11.5 Å². The Balaban J connectivity index is 1.17. The summed E-state index contributed by atoms with van der Waals surface area (Å²) in [6, 6.07) is 10.2. The van der Waals surface area contributed by atoms with Crippen LogP contribution in [0.15, 0.2) is 47.4 Å². The first-order valence-electron chi connectivity index (χ1n) is 16.1. The number of ether oxygens (including phenoxy) is 2. The summed E-state index contributed by atoms with van der Waals surface area (Å²) in [5, 5.41) is 4.27. The third-order valence-corrected chi connectivity index (χ3v) is 10.1. The van der Waals surface area contributed by atoms with Gasteiger partial charge in [-0.1, -0.05) is 12.1 Å². The molecule has 3 aromatic rings. The predicted molar refractivity (Wildman–Crippen MR) is 173 cm³/mol. The number of nitrogens with one attached hydrogen (secondary N) is 2. The Bertz CT molecular complexity index is 1740. The summed E-state index contributed by atoms with van der Waals surface area (Å²) in [6.45, 7) is 1.11. The maximum Gasteiger partial charge on any atom is 0.422 e. The minimum atomic E-state index is -4.77. The number of rotatable bonds is 12. The summed E-state index contributed by atoms with van der Waals surface area (Å²) in [5.74, 6) is 0.315. The fourth-order valence-electron chi connectivity index (χ4n) is 6.03. The Labute approximate surface area is 285 Å². The van der Waals surface area contributed by atoms with Gasteiger partial charge in [-0.15, -0.1) is 0 Å². The highest BCUT2D eigenvalue weighted by atomic mass is 32.2. The monoisotopic (exact) mass is 732 g/mol. The number of carbonyl (C=O) groups excluding carboxylic acids is 1. The molecule has 1 saturated carbocycles. The SMILES string of the molecule is CC(=O)N1CCN(c2nc(NCC3CCC(CNS(=O)(=O)c4cc(OCC(F)(F)F)ccc4OCC(F)(F)F)CC3)nc3ccccc23)CC1. The van der Waals surface area contributed by atoms with Crippen LogP contribution < -0.4 is 24.4 Å². The number of sulfonamides is 1. The topological polar surface area (TPSA) is 126 Å². The first kappa shape index (κ1) is 37.2. The summed E-state index contributed by atoms with van der Waals surface area (Å²) >= 11 is 0. The number of nitrogens with zero attached hydrogens (tertiary/aromatic N) is 4. The molecule has 0 radical (unpaired) electrons. The number of halogens is 6. The molecule has 1 aromatic heterocycles. The predicted octanol–water partition coefficient (Wildman–Crippen LogP) is 5.38. The van der Waals surface area contributed by atoms with Crippen LogP contribution in [-0.2, 0) is 14.8 Å². The lowest BCUT2D eigenvalue weighted by Gasteiger charge is -2.35. The van der Waals surface area contributed by atoms with Crippen LogP contribution in [0.4, 0.5) is 38.1 Å². The molecular formula is C32H38F6N6O5S. The van der Waals surface area contributed by atoms with Crippen LogP contribution >= 0.6 is 0 Å². The van der Waals surface area contributed by atoms with E-state index in [1.807, 2.05) is 24.3 Å². The number of hydrogen-bond acceptors (Lipinski definition) is 9. The lowest BCUT2D eigenvalue weighted by molar-refractivity contribution is -0.154. The summed E-state index contributed by atoms with van der Waals surface area (Å²) in [7, 11) is -4.49. The highest BCUT2D eigenvalue weighted by Crippen LogP contribution is 2.33. The van der Waals surface area contributed by atoms with E-state index in [4.69, 9.17) is 9.97 Å². The zero-order valence-corrected chi connectivity index (χ0v) is 28.0. The van der Waals surface area contributed by atoms with Gasteiger partial charge < -0.3 is 24.6 Å². The molecule has 1 aliphatic carbocycles. The minimum Gasteiger partial charge on any atom is -0.484 e.